The van der Waals surface area contributed by atoms with Gasteiger partial charge in [0, 0.05) is 19.4 Å². The van der Waals surface area contributed by atoms with Crippen LogP contribution < -0.4 is 0 Å². The van der Waals surface area contributed by atoms with Gasteiger partial charge in [-0.15, -0.1) is 0 Å². The molecule has 0 unspecified atom stereocenters. The number of ether oxygens (including phenoxy) is 1. The number of carbonyl (C=O) groups is 1. The molecule has 0 amide bonds. The van der Waals surface area contributed by atoms with Crippen molar-refractivity contribution in [2.45, 2.75) is 32.7 Å². The predicted molar refractivity (Wildman–Crippen MR) is 70.4 cm³/mol. The highest BCUT2D eigenvalue weighted by Crippen LogP contribution is 2.06. The molecule has 1 aromatic heterocycles. The maximum absolute atomic E-state index is 11.0. The number of methoxy groups -OCH3 is 1. The first-order chi connectivity index (χ1) is 9.01. The van der Waals surface area contributed by atoms with E-state index in [0.717, 1.165) is 12.1 Å². The van der Waals surface area contributed by atoms with E-state index in [1.165, 1.54) is 7.11 Å². The first-order valence-electron chi connectivity index (χ1n) is 6.22. The minimum absolute atomic E-state index is 0.221. The Morgan fingerprint density at radius 1 is 1.53 bits per heavy atom. The lowest BCUT2D eigenvalue weighted by Gasteiger charge is -2.13. The Morgan fingerprint density at radius 3 is 2.89 bits per heavy atom. The third kappa shape index (κ3) is 6.15. The number of carbonyl (C=O) groups excluding carboxylic acids is 1. The molecule has 1 aromatic rings. The number of hydrogen-bond donors (Lipinski definition) is 0. The van der Waals surface area contributed by atoms with Crippen LogP contribution in [0, 0.1) is 0 Å². The molecular weight excluding hydrogens is 246 g/mol. The summed E-state index contributed by atoms with van der Waals surface area (Å²) in [6.07, 6.45) is 1.60. The van der Waals surface area contributed by atoms with Crippen LogP contribution in [0.15, 0.2) is 16.7 Å². The maximum atomic E-state index is 11.0. The van der Waals surface area contributed by atoms with Crippen LogP contribution in [-0.4, -0.2) is 41.7 Å². The summed E-state index contributed by atoms with van der Waals surface area (Å²) in [7, 11) is 3.35. The molecule has 0 aliphatic rings. The fourth-order valence-corrected chi connectivity index (χ4v) is 1.70. The van der Waals surface area contributed by atoms with Crippen molar-refractivity contribution in [1.29, 1.82) is 0 Å². The minimum atomic E-state index is -0.221. The summed E-state index contributed by atoms with van der Waals surface area (Å²) in [4.78, 5) is 17.3. The molecule has 6 heteroatoms. The quantitative estimate of drug-likeness (QED) is 0.526. The number of likely N-dealkylation sites (N-methyl/N-ethyl adjacent to an activating group) is 1. The summed E-state index contributed by atoms with van der Waals surface area (Å²) >= 11 is 0. The SMILES string of the molecule is C=C(C)CN(C)Cc1noc(CCCC(=O)OC)n1. The van der Waals surface area contributed by atoms with Gasteiger partial charge in [0.05, 0.1) is 13.7 Å². The molecule has 1 rings (SSSR count). The van der Waals surface area contributed by atoms with Gasteiger partial charge < -0.3 is 9.26 Å². The number of aromatic nitrogens is 2. The second-order valence-electron chi connectivity index (χ2n) is 4.66. The molecule has 106 valence electrons. The van der Waals surface area contributed by atoms with Crippen molar-refractivity contribution >= 4 is 5.97 Å². The van der Waals surface area contributed by atoms with Crippen molar-refractivity contribution in [2.75, 3.05) is 20.7 Å². The molecule has 0 fully saturated rings. The largest absolute Gasteiger partial charge is 0.469 e. The number of nitrogens with zero attached hydrogens (tertiary/aromatic N) is 3. The Labute approximate surface area is 113 Å². The fraction of sp³-hybridized carbons (Fsp3) is 0.615. The van der Waals surface area contributed by atoms with Gasteiger partial charge in [-0.2, -0.15) is 4.98 Å². The summed E-state index contributed by atoms with van der Waals surface area (Å²) in [5, 5.41) is 3.91. The van der Waals surface area contributed by atoms with Gasteiger partial charge in [-0.1, -0.05) is 17.3 Å². The molecule has 0 atom stereocenters. The van der Waals surface area contributed by atoms with Crippen molar-refractivity contribution in [3.05, 3.63) is 23.9 Å². The number of aryl methyl sites for hydroxylation is 1. The molecule has 0 spiro atoms. The Morgan fingerprint density at radius 2 is 2.26 bits per heavy atom. The van der Waals surface area contributed by atoms with Gasteiger partial charge in [-0.05, 0) is 20.4 Å². The Kier molecular flexibility index (Phi) is 6.21. The Bertz CT molecular complexity index is 429. The van der Waals surface area contributed by atoms with Crippen molar-refractivity contribution in [3.63, 3.8) is 0 Å². The highest BCUT2D eigenvalue weighted by atomic mass is 16.5. The summed E-state index contributed by atoms with van der Waals surface area (Å²) in [5.74, 6) is 0.986. The van der Waals surface area contributed by atoms with Crippen LogP contribution in [0.4, 0.5) is 0 Å². The maximum Gasteiger partial charge on any atom is 0.305 e. The smallest absolute Gasteiger partial charge is 0.305 e. The van der Waals surface area contributed by atoms with Gasteiger partial charge in [0.15, 0.2) is 5.82 Å². The first-order valence-corrected chi connectivity index (χ1v) is 6.22. The molecule has 0 bridgehead atoms. The fourth-order valence-electron chi connectivity index (χ4n) is 1.70. The van der Waals surface area contributed by atoms with Crippen molar-refractivity contribution in [1.82, 2.24) is 15.0 Å². The summed E-state index contributed by atoms with van der Waals surface area (Å²) in [6, 6.07) is 0. The van der Waals surface area contributed by atoms with E-state index in [1.54, 1.807) is 0 Å². The first kappa shape index (κ1) is 15.4. The van der Waals surface area contributed by atoms with E-state index in [2.05, 4.69) is 26.4 Å². The van der Waals surface area contributed by atoms with Gasteiger partial charge in [0.25, 0.3) is 0 Å². The summed E-state index contributed by atoms with van der Waals surface area (Å²) in [5.41, 5.74) is 1.09. The highest BCUT2D eigenvalue weighted by molar-refractivity contribution is 5.69. The average Bonchev–Trinajstić information content (AvgIpc) is 2.75. The topological polar surface area (TPSA) is 68.5 Å². The summed E-state index contributed by atoms with van der Waals surface area (Å²) in [6.45, 7) is 7.25. The van der Waals surface area contributed by atoms with E-state index in [0.29, 0.717) is 37.5 Å². The zero-order chi connectivity index (χ0) is 14.3. The predicted octanol–water partition coefficient (Wildman–Crippen LogP) is 1.57. The second kappa shape index (κ2) is 7.68. The molecule has 0 radical (unpaired) electrons. The van der Waals surface area contributed by atoms with Crippen LogP contribution >= 0.6 is 0 Å². The van der Waals surface area contributed by atoms with Crippen LogP contribution in [0.2, 0.25) is 0 Å². The van der Waals surface area contributed by atoms with Crippen molar-refractivity contribution < 1.29 is 14.1 Å². The van der Waals surface area contributed by atoms with Crippen LogP contribution in [-0.2, 0) is 22.5 Å². The van der Waals surface area contributed by atoms with Gasteiger partial charge >= 0.3 is 5.97 Å². The van der Waals surface area contributed by atoms with Gasteiger partial charge in [-0.25, -0.2) is 0 Å². The van der Waals surface area contributed by atoms with Gasteiger partial charge in [0.1, 0.15) is 0 Å². The number of rotatable bonds is 8. The van der Waals surface area contributed by atoms with E-state index in [4.69, 9.17) is 4.52 Å². The zero-order valence-corrected chi connectivity index (χ0v) is 11.8. The zero-order valence-electron chi connectivity index (χ0n) is 11.8. The normalized spacial score (nSPS) is 10.7. The minimum Gasteiger partial charge on any atom is -0.469 e. The molecule has 19 heavy (non-hydrogen) atoms. The number of esters is 1. The van der Waals surface area contributed by atoms with E-state index >= 15 is 0 Å². The molecule has 6 nitrogen and oxygen atoms in total. The van der Waals surface area contributed by atoms with Crippen molar-refractivity contribution in [3.8, 4) is 0 Å². The van der Waals surface area contributed by atoms with Crippen LogP contribution in [0.25, 0.3) is 0 Å². The third-order valence-electron chi connectivity index (χ3n) is 2.46. The van der Waals surface area contributed by atoms with Crippen LogP contribution in [0.1, 0.15) is 31.5 Å². The molecule has 0 aliphatic carbocycles. The van der Waals surface area contributed by atoms with Crippen LogP contribution in [0.3, 0.4) is 0 Å². The molecule has 1 heterocycles. The molecular formula is C13H21N3O3. The lowest BCUT2D eigenvalue weighted by atomic mass is 10.2. The standard InChI is InChI=1S/C13H21N3O3/c1-10(2)8-16(3)9-11-14-12(19-15-11)6-5-7-13(17)18-4/h1,5-9H2,2-4H3. The average molecular weight is 267 g/mol. The van der Waals surface area contributed by atoms with Gasteiger partial charge in [0.2, 0.25) is 5.89 Å². The van der Waals surface area contributed by atoms with Gasteiger partial charge in [-0.3, -0.25) is 9.69 Å². The monoisotopic (exact) mass is 267 g/mol. The Balaban J connectivity index is 2.35. The third-order valence-corrected chi connectivity index (χ3v) is 2.46. The molecule has 0 aliphatic heterocycles. The molecule has 0 N–H and O–H groups in total. The Hall–Kier alpha value is -1.69. The second-order valence-corrected chi connectivity index (χ2v) is 4.66. The lowest BCUT2D eigenvalue weighted by molar-refractivity contribution is -0.140. The highest BCUT2D eigenvalue weighted by Gasteiger charge is 2.09. The molecule has 0 saturated heterocycles. The van der Waals surface area contributed by atoms with Crippen LogP contribution in [0.5, 0.6) is 0 Å². The molecule has 0 aromatic carbocycles. The number of hydrogen-bond acceptors (Lipinski definition) is 6. The lowest BCUT2D eigenvalue weighted by Crippen LogP contribution is -2.20. The van der Waals surface area contributed by atoms with E-state index in [1.807, 2.05) is 14.0 Å². The summed E-state index contributed by atoms with van der Waals surface area (Å²) < 4.78 is 9.69. The van der Waals surface area contributed by atoms with E-state index < -0.39 is 0 Å². The molecule has 0 saturated carbocycles. The van der Waals surface area contributed by atoms with E-state index in [-0.39, 0.29) is 5.97 Å². The van der Waals surface area contributed by atoms with Crippen molar-refractivity contribution in [2.24, 2.45) is 0 Å². The van der Waals surface area contributed by atoms with E-state index in [9.17, 15) is 4.79 Å².